The maximum atomic E-state index is 6.42. The summed E-state index contributed by atoms with van der Waals surface area (Å²) in [5.41, 5.74) is 9.55. The van der Waals surface area contributed by atoms with E-state index in [1.807, 2.05) is 78.9 Å². The summed E-state index contributed by atoms with van der Waals surface area (Å²) < 4.78 is 8.84. The smallest absolute Gasteiger partial charge is 0.167 e. The fourth-order valence-corrected chi connectivity index (χ4v) is 9.60. The number of rotatable bonds is 7. The number of hydrogen-bond acceptors (Lipinski definition) is 8. The third kappa shape index (κ3) is 6.36. The van der Waals surface area contributed by atoms with Crippen LogP contribution in [0.25, 0.3) is 116 Å². The van der Waals surface area contributed by atoms with E-state index in [1.54, 1.807) is 11.3 Å². The Balaban J connectivity index is 0.930. The summed E-state index contributed by atoms with van der Waals surface area (Å²) in [5, 5.41) is 4.46. The van der Waals surface area contributed by atoms with Gasteiger partial charge in [0.2, 0.25) is 0 Å². The second-order valence-corrected chi connectivity index (χ2v) is 16.4. The quantitative estimate of drug-likeness (QED) is 0.158. The minimum Gasteiger partial charge on any atom is -0.455 e. The van der Waals surface area contributed by atoms with E-state index in [2.05, 4.69) is 103 Å². The average Bonchev–Trinajstić information content (AvgIpc) is 3.93. The van der Waals surface area contributed by atoms with Gasteiger partial charge in [-0.1, -0.05) is 152 Å². The van der Waals surface area contributed by atoms with E-state index in [-0.39, 0.29) is 0 Å². The van der Waals surface area contributed by atoms with Crippen LogP contribution in [0.1, 0.15) is 18.7 Å². The number of fused-ring (bicyclic) bond motifs is 6. The normalized spacial score (nSPS) is 12.7. The van der Waals surface area contributed by atoms with Crippen molar-refractivity contribution in [1.82, 2.24) is 29.9 Å². The Morgan fingerprint density at radius 1 is 0.419 bits per heavy atom. The van der Waals surface area contributed by atoms with Gasteiger partial charge in [0, 0.05) is 53.2 Å². The largest absolute Gasteiger partial charge is 0.455 e. The van der Waals surface area contributed by atoms with Gasteiger partial charge in [0.15, 0.2) is 34.9 Å². The molecule has 0 saturated heterocycles. The molecule has 0 spiro atoms. The molecule has 1 aliphatic carbocycles. The Kier molecular flexibility index (Phi) is 8.67. The standard InChI is InChI=1S/C54H34N6OS/c1-4-14-34(15-5-1)49-55-50(35-16-6-2-7-17-35)58-53(57-49)38-30-31-46-44(32-38)42-23-12-21-39(48(42)62-46)33-26-28-37(29-27-33)52-56-51(36-18-8-3-9-19-36)59-54(60-52)43-24-13-22-41-40-20-10-11-25-45(40)61-47(41)43/h1-6,8-16,18-32H,7,17H2. The maximum Gasteiger partial charge on any atom is 0.167 e. The van der Waals surface area contributed by atoms with Crippen LogP contribution in [-0.2, 0) is 0 Å². The van der Waals surface area contributed by atoms with Crippen LogP contribution >= 0.6 is 11.3 Å². The molecule has 0 saturated carbocycles. The first-order valence-electron chi connectivity index (χ1n) is 20.7. The molecule has 7 aromatic carbocycles. The third-order valence-electron chi connectivity index (χ3n) is 11.5. The summed E-state index contributed by atoms with van der Waals surface area (Å²) in [6, 6.07) is 56.1. The van der Waals surface area contributed by atoms with E-state index in [0.29, 0.717) is 29.1 Å². The lowest BCUT2D eigenvalue weighted by Gasteiger charge is -2.11. The van der Waals surface area contributed by atoms with Gasteiger partial charge >= 0.3 is 0 Å². The summed E-state index contributed by atoms with van der Waals surface area (Å²) in [5.74, 6) is 3.83. The number of benzene rings is 7. The van der Waals surface area contributed by atoms with Gasteiger partial charge in [0.05, 0.1) is 5.56 Å². The van der Waals surface area contributed by atoms with E-state index in [4.69, 9.17) is 34.3 Å². The Morgan fingerprint density at radius 2 is 0.984 bits per heavy atom. The van der Waals surface area contributed by atoms with E-state index in [1.165, 1.54) is 25.7 Å². The summed E-state index contributed by atoms with van der Waals surface area (Å²) in [4.78, 5) is 30.1. The predicted octanol–water partition coefficient (Wildman–Crippen LogP) is 14.1. The van der Waals surface area contributed by atoms with Crippen molar-refractivity contribution in [1.29, 1.82) is 0 Å². The Hall–Kier alpha value is -7.94. The molecule has 0 bridgehead atoms. The topological polar surface area (TPSA) is 90.5 Å². The number of para-hydroxylation sites is 2. The van der Waals surface area contributed by atoms with Gasteiger partial charge in [-0.2, -0.15) is 0 Å². The lowest BCUT2D eigenvalue weighted by molar-refractivity contribution is 0.669. The van der Waals surface area contributed by atoms with Gasteiger partial charge in [-0.15, -0.1) is 11.3 Å². The van der Waals surface area contributed by atoms with E-state index in [9.17, 15) is 0 Å². The molecule has 4 heterocycles. The van der Waals surface area contributed by atoms with Crippen LogP contribution in [0.4, 0.5) is 0 Å². The first kappa shape index (κ1) is 36.0. The summed E-state index contributed by atoms with van der Waals surface area (Å²) in [6.45, 7) is 0. The van der Waals surface area contributed by atoms with Gasteiger partial charge in [-0.25, -0.2) is 29.9 Å². The van der Waals surface area contributed by atoms with Crippen molar-refractivity contribution in [3.8, 4) is 68.1 Å². The summed E-state index contributed by atoms with van der Waals surface area (Å²) in [7, 11) is 0. The first-order chi connectivity index (χ1) is 30.7. The van der Waals surface area contributed by atoms with Crippen LogP contribution < -0.4 is 0 Å². The number of thiophene rings is 1. The molecule has 0 unspecified atom stereocenters. The first-order valence-corrected chi connectivity index (χ1v) is 21.5. The van der Waals surface area contributed by atoms with Crippen LogP contribution in [0.15, 0.2) is 186 Å². The van der Waals surface area contributed by atoms with Crippen LogP contribution in [0.3, 0.4) is 0 Å². The molecule has 4 aromatic heterocycles. The number of hydrogen-bond donors (Lipinski definition) is 0. The third-order valence-corrected chi connectivity index (χ3v) is 12.7. The van der Waals surface area contributed by atoms with E-state index < -0.39 is 0 Å². The molecule has 292 valence electrons. The van der Waals surface area contributed by atoms with Gasteiger partial charge in [-0.05, 0) is 59.9 Å². The fraction of sp³-hybridized carbons (Fsp3) is 0.0370. The summed E-state index contributed by atoms with van der Waals surface area (Å²) >= 11 is 1.80. The Bertz CT molecular complexity index is 3570. The molecule has 1 aliphatic rings. The van der Waals surface area contributed by atoms with Crippen LogP contribution in [0.5, 0.6) is 0 Å². The second-order valence-electron chi connectivity index (χ2n) is 15.4. The van der Waals surface area contributed by atoms with Gasteiger partial charge in [0.25, 0.3) is 0 Å². The lowest BCUT2D eigenvalue weighted by Crippen LogP contribution is -2.03. The van der Waals surface area contributed by atoms with Crippen molar-refractivity contribution in [2.24, 2.45) is 0 Å². The Labute approximate surface area is 360 Å². The molecule has 0 amide bonds. The van der Waals surface area contributed by atoms with Crippen molar-refractivity contribution in [2.45, 2.75) is 12.8 Å². The van der Waals surface area contributed by atoms with Crippen LogP contribution in [-0.4, -0.2) is 29.9 Å². The molecule has 0 aliphatic heterocycles. The zero-order chi connectivity index (χ0) is 41.0. The molecule has 0 atom stereocenters. The van der Waals surface area contributed by atoms with Gasteiger partial charge in [-0.3, -0.25) is 0 Å². The zero-order valence-corrected chi connectivity index (χ0v) is 34.1. The average molecular weight is 815 g/mol. The lowest BCUT2D eigenvalue weighted by atomic mass is 10.0. The monoisotopic (exact) mass is 814 g/mol. The minimum absolute atomic E-state index is 0.560. The molecule has 12 rings (SSSR count). The molecule has 11 aromatic rings. The van der Waals surface area contributed by atoms with Crippen LogP contribution in [0, 0.1) is 0 Å². The fourth-order valence-electron chi connectivity index (χ4n) is 8.38. The van der Waals surface area contributed by atoms with Crippen LogP contribution in [0.2, 0.25) is 0 Å². The van der Waals surface area contributed by atoms with Gasteiger partial charge < -0.3 is 4.42 Å². The SMILES string of the molecule is C1=CCCC(c2nc(-c3ccccc3)nc(-c3ccc4sc5c(-c6ccc(-c7nc(-c8ccccc8)nc(-c8cccc9c8oc8ccccc89)n7)cc6)cccc5c4c3)n2)=C1. The van der Waals surface area contributed by atoms with Crippen molar-refractivity contribution in [3.05, 3.63) is 188 Å². The molecule has 62 heavy (non-hydrogen) atoms. The zero-order valence-electron chi connectivity index (χ0n) is 33.2. The minimum atomic E-state index is 0.560. The number of aromatic nitrogens is 6. The molecular formula is C54H34N6OS. The highest BCUT2D eigenvalue weighted by Gasteiger charge is 2.20. The highest BCUT2D eigenvalue weighted by Crippen LogP contribution is 2.42. The Morgan fingerprint density at radius 3 is 1.69 bits per heavy atom. The molecule has 0 N–H and O–H groups in total. The van der Waals surface area contributed by atoms with Crippen molar-refractivity contribution in [2.75, 3.05) is 0 Å². The highest BCUT2D eigenvalue weighted by atomic mass is 32.1. The summed E-state index contributed by atoms with van der Waals surface area (Å²) in [6.07, 6.45) is 8.27. The second kappa shape index (κ2) is 15.0. The van der Waals surface area contributed by atoms with Crippen molar-refractivity contribution in [3.63, 3.8) is 0 Å². The molecule has 0 radical (unpaired) electrons. The van der Waals surface area contributed by atoms with Crippen molar-refractivity contribution >= 4 is 59.0 Å². The highest BCUT2D eigenvalue weighted by molar-refractivity contribution is 7.26. The predicted molar refractivity (Wildman–Crippen MR) is 252 cm³/mol. The maximum absolute atomic E-state index is 6.42. The molecule has 0 fully saturated rings. The van der Waals surface area contributed by atoms with Gasteiger partial charge in [0.1, 0.15) is 11.2 Å². The van der Waals surface area contributed by atoms with Crippen molar-refractivity contribution < 1.29 is 4.42 Å². The number of furan rings is 1. The van der Waals surface area contributed by atoms with E-state index in [0.717, 1.165) is 79.6 Å². The molecule has 8 heteroatoms. The number of allylic oxidation sites excluding steroid dienone is 4. The number of nitrogens with zero attached hydrogens (tertiary/aromatic N) is 6. The molecule has 7 nitrogen and oxygen atoms in total. The molecular weight excluding hydrogens is 781 g/mol. The van der Waals surface area contributed by atoms with E-state index >= 15 is 0 Å².